The van der Waals surface area contributed by atoms with E-state index in [-0.39, 0.29) is 11.6 Å². The van der Waals surface area contributed by atoms with E-state index in [9.17, 15) is 14.9 Å². The Labute approximate surface area is 172 Å². The molecule has 0 fully saturated rings. The van der Waals surface area contributed by atoms with Gasteiger partial charge in [-0.15, -0.1) is 0 Å². The van der Waals surface area contributed by atoms with Gasteiger partial charge in [-0.05, 0) is 39.0 Å². The van der Waals surface area contributed by atoms with Crippen molar-refractivity contribution in [2.24, 2.45) is 5.73 Å². The Morgan fingerprint density at radius 2 is 2.00 bits per heavy atom. The van der Waals surface area contributed by atoms with Crippen LogP contribution in [-0.4, -0.2) is 50.8 Å². The summed E-state index contributed by atoms with van der Waals surface area (Å²) in [6.45, 7) is 5.48. The third-order valence-corrected chi connectivity index (χ3v) is 4.64. The summed E-state index contributed by atoms with van der Waals surface area (Å²) in [4.78, 5) is 23.8. The van der Waals surface area contributed by atoms with Crippen LogP contribution in [0.25, 0.3) is 16.6 Å². The third-order valence-electron chi connectivity index (χ3n) is 4.64. The molecule has 0 aliphatic rings. The average Bonchev–Trinajstić information content (AvgIpc) is 3.37. The molecule has 1 aromatic carbocycles. The van der Waals surface area contributed by atoms with Gasteiger partial charge < -0.3 is 15.2 Å². The number of aromatic nitrogens is 4. The van der Waals surface area contributed by atoms with Crippen LogP contribution in [0.3, 0.4) is 0 Å². The predicted molar refractivity (Wildman–Crippen MR) is 107 cm³/mol. The van der Waals surface area contributed by atoms with Crippen LogP contribution < -0.4 is 5.73 Å². The first-order chi connectivity index (χ1) is 14.3. The number of esters is 2. The van der Waals surface area contributed by atoms with Crippen molar-refractivity contribution < 1.29 is 19.1 Å². The second-order valence-corrected chi connectivity index (χ2v) is 7.03. The van der Waals surface area contributed by atoms with Crippen molar-refractivity contribution in [1.29, 1.82) is 5.26 Å². The normalized spacial score (nSPS) is 13.1. The lowest BCUT2D eigenvalue weighted by molar-refractivity contribution is -0.144. The molecule has 0 bridgehead atoms. The molecule has 0 amide bonds. The molecule has 0 unspecified atom stereocenters. The first-order valence-electron chi connectivity index (χ1n) is 9.28. The zero-order valence-corrected chi connectivity index (χ0v) is 17.1. The van der Waals surface area contributed by atoms with Gasteiger partial charge in [0.25, 0.3) is 0 Å². The lowest BCUT2D eigenvalue weighted by Crippen LogP contribution is -2.43. The van der Waals surface area contributed by atoms with Gasteiger partial charge in [-0.1, -0.05) is 0 Å². The number of methoxy groups -OCH3 is 1. The molecule has 30 heavy (non-hydrogen) atoms. The number of rotatable bonds is 6. The molecule has 3 aromatic rings. The van der Waals surface area contributed by atoms with Crippen molar-refractivity contribution in [1.82, 2.24) is 19.6 Å². The molecular formula is C20H22N6O4. The molecule has 2 N–H and O–H groups in total. The number of fused-ring (bicyclic) bond motifs is 1. The highest BCUT2D eigenvalue weighted by molar-refractivity contribution is 5.90. The minimum atomic E-state index is -1.08. The van der Waals surface area contributed by atoms with Crippen LogP contribution in [0.15, 0.2) is 30.6 Å². The summed E-state index contributed by atoms with van der Waals surface area (Å²) in [5.74, 6) is -1.34. The maximum atomic E-state index is 12.4. The fourth-order valence-corrected chi connectivity index (χ4v) is 2.96. The zero-order valence-electron chi connectivity index (χ0n) is 17.1. The van der Waals surface area contributed by atoms with E-state index in [1.165, 1.54) is 31.1 Å². The molecule has 2 atom stereocenters. The zero-order chi connectivity index (χ0) is 22.0. The van der Waals surface area contributed by atoms with E-state index < -0.39 is 24.1 Å². The molecule has 10 heteroatoms. The molecule has 2 heterocycles. The maximum Gasteiger partial charge on any atom is 0.341 e. The quantitative estimate of drug-likeness (QED) is 0.606. The monoisotopic (exact) mass is 410 g/mol. The number of nitriles is 1. The Balaban J connectivity index is 1.85. The Kier molecular flexibility index (Phi) is 5.84. The molecule has 0 aliphatic heterocycles. The summed E-state index contributed by atoms with van der Waals surface area (Å²) in [6.07, 6.45) is 1.98. The summed E-state index contributed by atoms with van der Waals surface area (Å²) in [5.41, 5.74) is 7.69. The number of carbonyl (C=O) groups excluding carboxylic acids is 2. The number of nitrogens with zero attached hydrogens (tertiary/aromatic N) is 5. The summed E-state index contributed by atoms with van der Waals surface area (Å²) in [5, 5.41) is 18.6. The van der Waals surface area contributed by atoms with Gasteiger partial charge in [0.1, 0.15) is 18.2 Å². The molecule has 0 saturated carbocycles. The smallest absolute Gasteiger partial charge is 0.341 e. The van der Waals surface area contributed by atoms with Crippen molar-refractivity contribution in [3.63, 3.8) is 0 Å². The van der Waals surface area contributed by atoms with Gasteiger partial charge >= 0.3 is 11.9 Å². The Morgan fingerprint density at radius 3 is 2.63 bits per heavy atom. The highest BCUT2D eigenvalue weighted by atomic mass is 16.6. The second-order valence-electron chi connectivity index (χ2n) is 7.03. The summed E-state index contributed by atoms with van der Waals surface area (Å²) < 4.78 is 13.1. The fourth-order valence-electron chi connectivity index (χ4n) is 2.96. The lowest BCUT2D eigenvalue weighted by atomic mass is 10.2. The van der Waals surface area contributed by atoms with Crippen LogP contribution in [0.4, 0.5) is 0 Å². The molecule has 3 rings (SSSR count). The van der Waals surface area contributed by atoms with Crippen molar-refractivity contribution in [2.45, 2.75) is 39.0 Å². The third kappa shape index (κ3) is 3.88. The van der Waals surface area contributed by atoms with Crippen LogP contribution in [-0.2, 0) is 14.3 Å². The van der Waals surface area contributed by atoms with Gasteiger partial charge in [0, 0.05) is 17.6 Å². The fraction of sp³-hybridized carbons (Fsp3) is 0.350. The molecule has 0 aliphatic carbocycles. The Hall–Kier alpha value is -3.71. The van der Waals surface area contributed by atoms with Crippen LogP contribution in [0.2, 0.25) is 0 Å². The Bertz CT molecular complexity index is 1140. The van der Waals surface area contributed by atoms with Gasteiger partial charge in [-0.2, -0.15) is 15.5 Å². The van der Waals surface area contributed by atoms with Crippen molar-refractivity contribution in [2.75, 3.05) is 7.11 Å². The second kappa shape index (κ2) is 8.34. The van der Waals surface area contributed by atoms with E-state index in [4.69, 9.17) is 10.5 Å². The predicted octanol–water partition coefficient (Wildman–Crippen LogP) is 1.72. The summed E-state index contributed by atoms with van der Waals surface area (Å²) >= 11 is 0. The molecular weight excluding hydrogens is 388 g/mol. The maximum absolute atomic E-state index is 12.4. The molecule has 0 spiro atoms. The molecule has 0 radical (unpaired) electrons. The summed E-state index contributed by atoms with van der Waals surface area (Å²) in [7, 11) is 1.21. The van der Waals surface area contributed by atoms with Gasteiger partial charge in [0.05, 0.1) is 30.1 Å². The van der Waals surface area contributed by atoms with E-state index in [1.54, 1.807) is 10.7 Å². The number of hydrogen-bond donors (Lipinski definition) is 1. The Morgan fingerprint density at radius 1 is 1.27 bits per heavy atom. The van der Waals surface area contributed by atoms with Crippen LogP contribution >= 0.6 is 0 Å². The van der Waals surface area contributed by atoms with Gasteiger partial charge in [0.2, 0.25) is 0 Å². The van der Waals surface area contributed by atoms with Crippen molar-refractivity contribution >= 4 is 22.8 Å². The van der Waals surface area contributed by atoms with Gasteiger partial charge in [0.15, 0.2) is 5.69 Å². The summed E-state index contributed by atoms with van der Waals surface area (Å²) in [6, 6.07) is 6.59. The van der Waals surface area contributed by atoms with Gasteiger partial charge in [-0.3, -0.25) is 9.48 Å². The highest BCUT2D eigenvalue weighted by Crippen LogP contribution is 2.24. The highest BCUT2D eigenvalue weighted by Gasteiger charge is 2.26. The van der Waals surface area contributed by atoms with Crippen molar-refractivity contribution in [3.05, 3.63) is 41.9 Å². The van der Waals surface area contributed by atoms with E-state index in [2.05, 4.69) is 21.0 Å². The first-order valence-corrected chi connectivity index (χ1v) is 9.28. The number of carbonyl (C=O) groups is 2. The molecule has 10 nitrogen and oxygen atoms in total. The van der Waals surface area contributed by atoms with Crippen LogP contribution in [0.5, 0.6) is 0 Å². The topological polar surface area (TPSA) is 138 Å². The van der Waals surface area contributed by atoms with E-state index in [1.807, 2.05) is 26.0 Å². The van der Waals surface area contributed by atoms with Crippen LogP contribution in [0.1, 0.15) is 42.9 Å². The number of hydrogen-bond acceptors (Lipinski definition) is 8. The minimum absolute atomic E-state index is 0.102. The number of benzene rings is 1. The van der Waals surface area contributed by atoms with Crippen LogP contribution in [0, 0.1) is 11.3 Å². The number of nitrogens with two attached hydrogens (primary N) is 1. The molecule has 0 saturated heterocycles. The van der Waals surface area contributed by atoms with E-state index >= 15 is 0 Å². The lowest BCUT2D eigenvalue weighted by Gasteiger charge is -2.17. The number of ether oxygens (including phenoxy) is 2. The largest absolute Gasteiger partial charge is 0.468 e. The first kappa shape index (κ1) is 21.0. The van der Waals surface area contributed by atoms with Gasteiger partial charge in [-0.25, -0.2) is 9.48 Å². The van der Waals surface area contributed by atoms with Crippen molar-refractivity contribution in [3.8, 4) is 11.8 Å². The van der Waals surface area contributed by atoms with E-state index in [0.717, 1.165) is 5.52 Å². The molecule has 156 valence electrons. The standard InChI is InChI=1S/C20H22N6O4/c1-11(2)26-17-6-5-14(7-15(17)16(8-21)24-26)25-10-13(9-23-25)19(27)30-12(3)18(22)20(28)29-4/h5-7,9-12,18H,22H2,1-4H3/t12-,18+/m1/s1. The minimum Gasteiger partial charge on any atom is -0.468 e. The SMILES string of the molecule is COC(=O)[C@@H](N)[C@@H](C)OC(=O)c1cnn(-c2ccc3c(c2)c(C#N)nn3C(C)C)c1. The van der Waals surface area contributed by atoms with E-state index in [0.29, 0.717) is 16.8 Å². The molecule has 2 aromatic heterocycles. The average molecular weight is 410 g/mol.